The van der Waals surface area contributed by atoms with Gasteiger partial charge in [-0.2, -0.15) is 0 Å². The lowest BCUT2D eigenvalue weighted by molar-refractivity contribution is 0.0269. The largest absolute Gasteiger partial charge is 0.444 e. The molecule has 23 heavy (non-hydrogen) atoms. The van der Waals surface area contributed by atoms with Crippen molar-refractivity contribution in [3.05, 3.63) is 48.0 Å². The molecule has 0 bridgehead atoms. The van der Waals surface area contributed by atoms with E-state index in [9.17, 15) is 9.59 Å². The molecule has 1 aromatic carbocycles. The van der Waals surface area contributed by atoms with Gasteiger partial charge in [0.1, 0.15) is 5.60 Å². The van der Waals surface area contributed by atoms with Gasteiger partial charge < -0.3 is 9.64 Å². The number of hydrogen-bond donors (Lipinski definition) is 0. The third-order valence-corrected chi connectivity index (χ3v) is 4.44. The van der Waals surface area contributed by atoms with Crippen molar-refractivity contribution in [3.8, 4) is 0 Å². The summed E-state index contributed by atoms with van der Waals surface area (Å²) in [4.78, 5) is 25.9. The van der Waals surface area contributed by atoms with Crippen LogP contribution in [0.3, 0.4) is 0 Å². The fourth-order valence-corrected chi connectivity index (χ4v) is 3.23. The summed E-state index contributed by atoms with van der Waals surface area (Å²) >= 11 is 0. The van der Waals surface area contributed by atoms with Crippen molar-refractivity contribution < 1.29 is 14.3 Å². The molecule has 4 heteroatoms. The van der Waals surface area contributed by atoms with Gasteiger partial charge in [-0.05, 0) is 44.6 Å². The molecule has 1 aliphatic carbocycles. The number of piperidine rings is 1. The number of amides is 1. The molecule has 1 unspecified atom stereocenters. The number of benzene rings is 1. The lowest BCUT2D eigenvalue weighted by atomic mass is 10.1. The lowest BCUT2D eigenvalue weighted by Gasteiger charge is -2.25. The van der Waals surface area contributed by atoms with E-state index in [1.54, 1.807) is 11.0 Å². The van der Waals surface area contributed by atoms with E-state index in [1.165, 1.54) is 0 Å². The molecule has 1 saturated heterocycles. The first-order valence-corrected chi connectivity index (χ1v) is 8.11. The smallest absolute Gasteiger partial charge is 0.410 e. The Morgan fingerprint density at radius 2 is 1.74 bits per heavy atom. The molecule has 1 saturated carbocycles. The molecule has 1 amide bonds. The molecule has 2 aliphatic rings. The van der Waals surface area contributed by atoms with Gasteiger partial charge in [0.05, 0.1) is 0 Å². The van der Waals surface area contributed by atoms with Gasteiger partial charge in [-0.3, -0.25) is 4.79 Å². The van der Waals surface area contributed by atoms with Crippen molar-refractivity contribution in [2.45, 2.75) is 26.4 Å². The Morgan fingerprint density at radius 1 is 1.13 bits per heavy atom. The Balaban J connectivity index is 1.50. The second-order valence-electron chi connectivity index (χ2n) is 7.38. The monoisotopic (exact) mass is 313 g/mol. The highest BCUT2D eigenvalue weighted by Gasteiger charge is 2.55. The molecule has 3 rings (SSSR count). The zero-order valence-electron chi connectivity index (χ0n) is 13.9. The first-order chi connectivity index (χ1) is 10.8. The summed E-state index contributed by atoms with van der Waals surface area (Å²) in [6, 6.07) is 9.28. The number of likely N-dealkylation sites (tertiary alicyclic amines) is 1. The molecular formula is C19H23NO3. The van der Waals surface area contributed by atoms with Gasteiger partial charge in [-0.25, -0.2) is 4.79 Å². The first-order valence-electron chi connectivity index (χ1n) is 8.11. The maximum Gasteiger partial charge on any atom is 0.410 e. The van der Waals surface area contributed by atoms with E-state index >= 15 is 0 Å². The van der Waals surface area contributed by atoms with Gasteiger partial charge in [-0.15, -0.1) is 0 Å². The number of ketones is 1. The minimum Gasteiger partial charge on any atom is -0.444 e. The van der Waals surface area contributed by atoms with Crippen LogP contribution in [0.4, 0.5) is 4.79 Å². The summed E-state index contributed by atoms with van der Waals surface area (Å²) in [6.07, 6.45) is 3.46. The van der Waals surface area contributed by atoms with Gasteiger partial charge in [-0.1, -0.05) is 36.4 Å². The Kier molecular flexibility index (Phi) is 4.00. The van der Waals surface area contributed by atoms with Crippen LogP contribution in [0.5, 0.6) is 0 Å². The van der Waals surface area contributed by atoms with Gasteiger partial charge in [0.2, 0.25) is 0 Å². The Labute approximate surface area is 137 Å². The summed E-state index contributed by atoms with van der Waals surface area (Å²) in [7, 11) is 0. The van der Waals surface area contributed by atoms with Crippen molar-refractivity contribution >= 4 is 11.9 Å². The maximum absolute atomic E-state index is 12.1. The van der Waals surface area contributed by atoms with E-state index in [-0.39, 0.29) is 11.9 Å². The van der Waals surface area contributed by atoms with Crippen molar-refractivity contribution in [1.29, 1.82) is 0 Å². The molecule has 0 N–H and O–H groups in total. The second kappa shape index (κ2) is 5.84. The predicted molar refractivity (Wildman–Crippen MR) is 88.2 cm³/mol. The number of fused-ring (bicyclic) bond motifs is 1. The molecular weight excluding hydrogens is 290 g/mol. The van der Waals surface area contributed by atoms with Crippen LogP contribution in [-0.2, 0) is 4.74 Å². The Morgan fingerprint density at radius 3 is 2.30 bits per heavy atom. The highest BCUT2D eigenvalue weighted by atomic mass is 16.6. The van der Waals surface area contributed by atoms with Crippen LogP contribution in [0.2, 0.25) is 0 Å². The molecule has 1 aliphatic heterocycles. The van der Waals surface area contributed by atoms with Crippen molar-refractivity contribution in [2.24, 2.45) is 17.8 Å². The van der Waals surface area contributed by atoms with E-state index in [0.717, 1.165) is 13.1 Å². The SMILES string of the molecule is CC(C)(C)OC(=O)N1C[C@@H]2C(/C=C/C(=O)c3ccccc3)[C@@H]2C1. The van der Waals surface area contributed by atoms with Crippen LogP contribution in [0.1, 0.15) is 31.1 Å². The lowest BCUT2D eigenvalue weighted by Crippen LogP contribution is -2.36. The first kappa shape index (κ1) is 15.8. The fraction of sp³-hybridized carbons (Fsp3) is 0.474. The number of allylic oxidation sites excluding steroid dienone is 2. The Hall–Kier alpha value is -2.10. The van der Waals surface area contributed by atoms with Crippen LogP contribution < -0.4 is 0 Å². The van der Waals surface area contributed by atoms with Crippen LogP contribution in [0.15, 0.2) is 42.5 Å². The molecule has 1 heterocycles. The van der Waals surface area contributed by atoms with E-state index in [4.69, 9.17) is 4.74 Å². The van der Waals surface area contributed by atoms with Crippen LogP contribution in [-0.4, -0.2) is 35.5 Å². The predicted octanol–water partition coefficient (Wildman–Crippen LogP) is 3.54. The highest BCUT2D eigenvalue weighted by molar-refractivity contribution is 6.04. The number of nitrogens with zero attached hydrogens (tertiary/aromatic N) is 1. The number of hydrogen-bond acceptors (Lipinski definition) is 3. The molecule has 0 aromatic heterocycles. The van der Waals surface area contributed by atoms with Gasteiger partial charge in [0.15, 0.2) is 5.78 Å². The van der Waals surface area contributed by atoms with E-state index in [0.29, 0.717) is 23.3 Å². The molecule has 0 spiro atoms. The molecule has 2 fully saturated rings. The topological polar surface area (TPSA) is 46.6 Å². The van der Waals surface area contributed by atoms with Crippen LogP contribution >= 0.6 is 0 Å². The fourth-order valence-electron chi connectivity index (χ4n) is 3.23. The van der Waals surface area contributed by atoms with Gasteiger partial charge >= 0.3 is 6.09 Å². The number of carbonyl (C=O) groups is 2. The van der Waals surface area contributed by atoms with Crippen LogP contribution in [0, 0.1) is 17.8 Å². The van der Waals surface area contributed by atoms with Crippen LogP contribution in [0.25, 0.3) is 0 Å². The number of rotatable bonds is 3. The van der Waals surface area contributed by atoms with Gasteiger partial charge in [0, 0.05) is 18.7 Å². The summed E-state index contributed by atoms with van der Waals surface area (Å²) in [6.45, 7) is 7.09. The maximum atomic E-state index is 12.1. The zero-order valence-corrected chi connectivity index (χ0v) is 13.9. The molecule has 0 radical (unpaired) electrons. The molecule has 3 atom stereocenters. The normalized spacial score (nSPS) is 26.2. The standard InChI is InChI=1S/C19H23NO3/c1-19(2,3)23-18(22)20-11-15-14(16(15)12-20)9-10-17(21)13-7-5-4-6-8-13/h4-10,14-16H,11-12H2,1-3H3/b10-9+/t14?,15-,16+. The average Bonchev–Trinajstić information content (AvgIpc) is 2.93. The van der Waals surface area contributed by atoms with Gasteiger partial charge in [0.25, 0.3) is 0 Å². The second-order valence-corrected chi connectivity index (χ2v) is 7.38. The van der Waals surface area contributed by atoms with Crippen molar-refractivity contribution in [2.75, 3.05) is 13.1 Å². The minimum absolute atomic E-state index is 0.0413. The van der Waals surface area contributed by atoms with E-state index < -0.39 is 5.60 Å². The third-order valence-electron chi connectivity index (χ3n) is 4.44. The summed E-state index contributed by atoms with van der Waals surface area (Å²) < 4.78 is 5.40. The summed E-state index contributed by atoms with van der Waals surface area (Å²) in [5.41, 5.74) is 0.260. The minimum atomic E-state index is -0.453. The van der Waals surface area contributed by atoms with Crippen molar-refractivity contribution in [3.63, 3.8) is 0 Å². The number of carbonyl (C=O) groups excluding carboxylic acids is 2. The van der Waals surface area contributed by atoms with E-state index in [1.807, 2.05) is 57.2 Å². The molecule has 4 nitrogen and oxygen atoms in total. The quantitative estimate of drug-likeness (QED) is 0.633. The van der Waals surface area contributed by atoms with Crippen molar-refractivity contribution in [1.82, 2.24) is 4.90 Å². The molecule has 1 aromatic rings. The van der Waals surface area contributed by atoms with E-state index in [2.05, 4.69) is 0 Å². The average molecular weight is 313 g/mol. The summed E-state index contributed by atoms with van der Waals surface area (Å²) in [5.74, 6) is 1.41. The number of ether oxygens (including phenoxy) is 1. The zero-order chi connectivity index (χ0) is 16.6. The summed E-state index contributed by atoms with van der Waals surface area (Å²) in [5, 5.41) is 0. The third kappa shape index (κ3) is 3.63. The Bertz CT molecular complexity index is 618. The highest BCUT2D eigenvalue weighted by Crippen LogP contribution is 2.52. The molecule has 122 valence electrons.